The normalized spacial score (nSPS) is 14.0. The number of rotatable bonds is 2. The summed E-state index contributed by atoms with van der Waals surface area (Å²) < 4.78 is 0. The average molecular weight is 324 g/mol. The first-order chi connectivity index (χ1) is 10.1. The van der Waals surface area contributed by atoms with E-state index in [-0.39, 0.29) is 11.0 Å². The van der Waals surface area contributed by atoms with Crippen LogP contribution in [0.15, 0.2) is 24.3 Å². The number of nitrogens with zero attached hydrogens (tertiary/aromatic N) is 2. The van der Waals surface area contributed by atoms with Gasteiger partial charge >= 0.3 is 6.09 Å². The van der Waals surface area contributed by atoms with E-state index < -0.39 is 6.09 Å². The summed E-state index contributed by atoms with van der Waals surface area (Å²) in [5, 5.41) is 11.6. The summed E-state index contributed by atoms with van der Waals surface area (Å²) in [6, 6.07) is 7.12. The molecular formula is C13H10ClN3O3S. The zero-order valence-corrected chi connectivity index (χ0v) is 12.2. The van der Waals surface area contributed by atoms with Gasteiger partial charge in [-0.2, -0.15) is 0 Å². The Bertz CT molecular complexity index is 731. The number of carboxylic acid groups (broad SMARTS) is 1. The highest BCUT2D eigenvalue weighted by molar-refractivity contribution is 7.17. The van der Waals surface area contributed by atoms with Crippen molar-refractivity contribution in [1.29, 1.82) is 0 Å². The molecule has 1 aromatic heterocycles. The van der Waals surface area contributed by atoms with Gasteiger partial charge in [0.25, 0.3) is 5.91 Å². The second kappa shape index (κ2) is 5.34. The largest absolute Gasteiger partial charge is 0.465 e. The standard InChI is InChI=1S/C13H10ClN3O3S/c14-7-3-1-2-4-9(7)17-6-5-8-10(11(17)18)21-12(15-8)16-13(19)20/h1-4H,5-6H2,(H,15,16)(H,19,20). The van der Waals surface area contributed by atoms with Crippen molar-refractivity contribution in [3.8, 4) is 0 Å². The van der Waals surface area contributed by atoms with Crippen LogP contribution in [0.3, 0.4) is 0 Å². The molecule has 0 saturated carbocycles. The molecule has 2 heterocycles. The maximum absolute atomic E-state index is 12.5. The van der Waals surface area contributed by atoms with Crippen molar-refractivity contribution >= 4 is 45.8 Å². The fraction of sp³-hybridized carbons (Fsp3) is 0.154. The lowest BCUT2D eigenvalue weighted by atomic mass is 10.1. The Labute approximate surface area is 129 Å². The summed E-state index contributed by atoms with van der Waals surface area (Å²) in [5.74, 6) is -0.208. The molecule has 2 N–H and O–H groups in total. The van der Waals surface area contributed by atoms with E-state index in [0.717, 1.165) is 11.3 Å². The minimum absolute atomic E-state index is 0.208. The van der Waals surface area contributed by atoms with Gasteiger partial charge in [-0.15, -0.1) is 0 Å². The Hall–Kier alpha value is -2.12. The second-order valence-corrected chi connectivity index (χ2v) is 5.79. The van der Waals surface area contributed by atoms with E-state index in [1.165, 1.54) is 0 Å². The molecule has 0 bridgehead atoms. The van der Waals surface area contributed by atoms with E-state index in [1.807, 2.05) is 6.07 Å². The molecule has 108 valence electrons. The summed E-state index contributed by atoms with van der Waals surface area (Å²) >= 11 is 7.17. The molecule has 2 aromatic rings. The highest BCUT2D eigenvalue weighted by Gasteiger charge is 2.30. The van der Waals surface area contributed by atoms with E-state index in [9.17, 15) is 9.59 Å². The van der Waals surface area contributed by atoms with Crippen LogP contribution >= 0.6 is 22.9 Å². The number of carbonyl (C=O) groups excluding carboxylic acids is 1. The van der Waals surface area contributed by atoms with E-state index in [1.54, 1.807) is 23.1 Å². The second-order valence-electron chi connectivity index (χ2n) is 4.38. The summed E-state index contributed by atoms with van der Waals surface area (Å²) in [5.41, 5.74) is 1.27. The molecule has 0 atom stereocenters. The SMILES string of the molecule is O=C(O)Nc1nc2c(s1)C(=O)N(c1ccccc1Cl)CC2. The lowest BCUT2D eigenvalue weighted by Crippen LogP contribution is -2.37. The molecule has 0 fully saturated rings. The smallest absolute Gasteiger partial charge is 0.410 e. The Balaban J connectivity index is 1.94. The summed E-state index contributed by atoms with van der Waals surface area (Å²) in [4.78, 5) is 29.3. The number of thiazole rings is 1. The van der Waals surface area contributed by atoms with Crippen LogP contribution in [0, 0.1) is 0 Å². The molecule has 0 unspecified atom stereocenters. The number of nitrogens with one attached hydrogen (secondary N) is 1. The summed E-state index contributed by atoms with van der Waals surface area (Å²) in [7, 11) is 0. The summed E-state index contributed by atoms with van der Waals surface area (Å²) in [6.07, 6.45) is -0.638. The number of hydrogen-bond acceptors (Lipinski definition) is 4. The van der Waals surface area contributed by atoms with Crippen LogP contribution in [0.5, 0.6) is 0 Å². The van der Waals surface area contributed by atoms with Gasteiger partial charge in [0.2, 0.25) is 0 Å². The predicted molar refractivity (Wildman–Crippen MR) is 80.6 cm³/mol. The van der Waals surface area contributed by atoms with Gasteiger partial charge in [0.1, 0.15) is 4.88 Å². The third-order valence-electron chi connectivity index (χ3n) is 3.07. The molecular weight excluding hydrogens is 314 g/mol. The number of para-hydroxylation sites is 1. The zero-order valence-electron chi connectivity index (χ0n) is 10.7. The van der Waals surface area contributed by atoms with Gasteiger partial charge in [0, 0.05) is 13.0 Å². The quantitative estimate of drug-likeness (QED) is 0.889. The first kappa shape index (κ1) is 13.8. The van der Waals surface area contributed by atoms with E-state index in [4.69, 9.17) is 16.7 Å². The van der Waals surface area contributed by atoms with E-state index in [0.29, 0.717) is 34.2 Å². The van der Waals surface area contributed by atoms with Gasteiger partial charge in [0.05, 0.1) is 16.4 Å². The van der Waals surface area contributed by atoms with Crippen LogP contribution in [-0.4, -0.2) is 28.6 Å². The Morgan fingerprint density at radius 3 is 2.90 bits per heavy atom. The van der Waals surface area contributed by atoms with Crippen LogP contribution < -0.4 is 10.2 Å². The monoisotopic (exact) mass is 323 g/mol. The van der Waals surface area contributed by atoms with Gasteiger partial charge < -0.3 is 10.0 Å². The van der Waals surface area contributed by atoms with Crippen LogP contribution in [-0.2, 0) is 6.42 Å². The highest BCUT2D eigenvalue weighted by atomic mass is 35.5. The number of halogens is 1. The third kappa shape index (κ3) is 2.57. The van der Waals surface area contributed by atoms with E-state index >= 15 is 0 Å². The maximum atomic E-state index is 12.5. The molecule has 8 heteroatoms. The van der Waals surface area contributed by atoms with Crippen LogP contribution in [0.4, 0.5) is 15.6 Å². The molecule has 0 spiro atoms. The maximum Gasteiger partial charge on any atom is 0.410 e. The number of carbonyl (C=O) groups is 2. The van der Waals surface area contributed by atoms with Gasteiger partial charge in [0.15, 0.2) is 5.13 Å². The van der Waals surface area contributed by atoms with Crippen molar-refractivity contribution in [3.63, 3.8) is 0 Å². The van der Waals surface area contributed by atoms with Crippen LogP contribution in [0.1, 0.15) is 15.4 Å². The minimum atomic E-state index is -1.20. The van der Waals surface area contributed by atoms with Gasteiger partial charge in [-0.3, -0.25) is 10.1 Å². The first-order valence-corrected chi connectivity index (χ1v) is 7.32. The highest BCUT2D eigenvalue weighted by Crippen LogP contribution is 2.33. The molecule has 21 heavy (non-hydrogen) atoms. The Morgan fingerprint density at radius 1 is 1.43 bits per heavy atom. The number of aromatic nitrogens is 1. The predicted octanol–water partition coefficient (Wildman–Crippen LogP) is 3.09. The molecule has 1 aliphatic heterocycles. The van der Waals surface area contributed by atoms with Gasteiger partial charge in [-0.1, -0.05) is 35.1 Å². The lowest BCUT2D eigenvalue weighted by molar-refractivity contribution is 0.0984. The number of amides is 2. The number of fused-ring (bicyclic) bond motifs is 1. The Morgan fingerprint density at radius 2 is 2.19 bits per heavy atom. The van der Waals surface area contributed by atoms with Crippen molar-refractivity contribution in [2.24, 2.45) is 0 Å². The zero-order chi connectivity index (χ0) is 15.0. The lowest BCUT2D eigenvalue weighted by Gasteiger charge is -2.26. The molecule has 0 radical (unpaired) electrons. The van der Waals surface area contributed by atoms with Crippen molar-refractivity contribution in [2.45, 2.75) is 6.42 Å². The van der Waals surface area contributed by atoms with Crippen LogP contribution in [0.2, 0.25) is 5.02 Å². The van der Waals surface area contributed by atoms with E-state index in [2.05, 4.69) is 10.3 Å². The molecule has 1 aromatic carbocycles. The first-order valence-electron chi connectivity index (χ1n) is 6.12. The third-order valence-corrected chi connectivity index (χ3v) is 4.39. The Kier molecular flexibility index (Phi) is 3.52. The average Bonchev–Trinajstić information content (AvgIpc) is 2.83. The molecule has 2 amide bonds. The number of hydrogen-bond donors (Lipinski definition) is 2. The minimum Gasteiger partial charge on any atom is -0.465 e. The van der Waals surface area contributed by atoms with Crippen molar-refractivity contribution in [1.82, 2.24) is 4.98 Å². The molecule has 3 rings (SSSR count). The summed E-state index contributed by atoms with van der Waals surface area (Å²) in [6.45, 7) is 0.464. The van der Waals surface area contributed by atoms with Crippen molar-refractivity contribution in [2.75, 3.05) is 16.8 Å². The molecule has 0 aliphatic carbocycles. The van der Waals surface area contributed by atoms with Crippen LogP contribution in [0.25, 0.3) is 0 Å². The number of benzene rings is 1. The van der Waals surface area contributed by atoms with Gasteiger partial charge in [-0.05, 0) is 12.1 Å². The topological polar surface area (TPSA) is 82.5 Å². The molecule has 6 nitrogen and oxygen atoms in total. The molecule has 0 saturated heterocycles. The fourth-order valence-electron chi connectivity index (χ4n) is 2.18. The fourth-order valence-corrected chi connectivity index (χ4v) is 3.36. The number of anilines is 2. The van der Waals surface area contributed by atoms with Gasteiger partial charge in [-0.25, -0.2) is 9.78 Å². The molecule has 1 aliphatic rings. The van der Waals surface area contributed by atoms with Crippen molar-refractivity contribution < 1.29 is 14.7 Å². The van der Waals surface area contributed by atoms with Crippen molar-refractivity contribution in [3.05, 3.63) is 39.9 Å².